The van der Waals surface area contributed by atoms with Gasteiger partial charge < -0.3 is 9.84 Å². The molecule has 6 nitrogen and oxygen atoms in total. The molecule has 2 aromatic rings. The monoisotopic (exact) mass is 484 g/mol. The summed E-state index contributed by atoms with van der Waals surface area (Å²) in [4.78, 5) is 2.40. The van der Waals surface area contributed by atoms with Crippen molar-refractivity contribution in [1.29, 1.82) is 0 Å². The number of allylic oxidation sites excluding steroid dienone is 2. The highest BCUT2D eigenvalue weighted by Crippen LogP contribution is 2.37. The van der Waals surface area contributed by atoms with Crippen LogP contribution < -0.4 is 4.74 Å². The lowest BCUT2D eigenvalue weighted by atomic mass is 10.0. The van der Waals surface area contributed by atoms with Crippen molar-refractivity contribution < 1.29 is 18.3 Å². The van der Waals surface area contributed by atoms with Crippen molar-refractivity contribution >= 4 is 15.6 Å². The molecule has 0 saturated carbocycles. The van der Waals surface area contributed by atoms with Crippen LogP contribution in [0.15, 0.2) is 59.5 Å². The van der Waals surface area contributed by atoms with Crippen molar-refractivity contribution in [2.45, 2.75) is 56.7 Å². The number of rotatable bonds is 7. The smallest absolute Gasteiger partial charge is 0.247 e. The number of fused-ring (bicyclic) bond motifs is 1. The lowest BCUT2D eigenvalue weighted by molar-refractivity contribution is 0.0733. The molecule has 2 aromatic carbocycles. The second kappa shape index (κ2) is 10.6. The summed E-state index contributed by atoms with van der Waals surface area (Å²) in [6.45, 7) is 5.28. The second-order valence-electron chi connectivity index (χ2n) is 9.71. The molecular formula is C27H36N2O4S. The minimum atomic E-state index is -3.81. The summed E-state index contributed by atoms with van der Waals surface area (Å²) in [6.07, 6.45) is 5.20. The first-order chi connectivity index (χ1) is 16.3. The van der Waals surface area contributed by atoms with Crippen LogP contribution >= 0.6 is 0 Å². The minimum absolute atomic E-state index is 0.0653. The molecule has 0 unspecified atom stereocenters. The Morgan fingerprint density at radius 2 is 1.97 bits per heavy atom. The van der Waals surface area contributed by atoms with Crippen LogP contribution in [0.25, 0.3) is 5.57 Å². The Morgan fingerprint density at radius 1 is 1.21 bits per heavy atom. The molecule has 1 aliphatic carbocycles. The van der Waals surface area contributed by atoms with Crippen molar-refractivity contribution in [3.8, 4) is 5.75 Å². The SMILES string of the molecule is C[C@H]1CN([C@@H](C)CO)S(=O)(=O)c2ccc(C3=CCCC3)cc2O[C@@H]1CN(C)Cc1ccccc1. The highest BCUT2D eigenvalue weighted by Gasteiger charge is 2.38. The summed E-state index contributed by atoms with van der Waals surface area (Å²) in [5.74, 6) is 0.342. The third kappa shape index (κ3) is 5.38. The number of aliphatic hydroxyl groups excluding tert-OH is 1. The lowest BCUT2D eigenvalue weighted by Crippen LogP contribution is -2.49. The molecule has 0 amide bonds. The van der Waals surface area contributed by atoms with Gasteiger partial charge in [-0.1, -0.05) is 49.4 Å². The van der Waals surface area contributed by atoms with Gasteiger partial charge in [0.05, 0.1) is 6.61 Å². The molecule has 1 aliphatic heterocycles. The Bertz CT molecular complexity index is 1120. The molecule has 1 N–H and O–H groups in total. The molecular weight excluding hydrogens is 448 g/mol. The summed E-state index contributed by atoms with van der Waals surface area (Å²) < 4.78 is 35.2. The fraction of sp³-hybridized carbons (Fsp3) is 0.481. The summed E-state index contributed by atoms with van der Waals surface area (Å²) >= 11 is 0. The fourth-order valence-electron chi connectivity index (χ4n) is 4.84. The topological polar surface area (TPSA) is 70.1 Å². The van der Waals surface area contributed by atoms with Gasteiger partial charge in [0.1, 0.15) is 16.7 Å². The first-order valence-electron chi connectivity index (χ1n) is 12.1. The van der Waals surface area contributed by atoms with Gasteiger partial charge >= 0.3 is 0 Å². The van der Waals surface area contributed by atoms with Crippen molar-refractivity contribution in [2.24, 2.45) is 5.92 Å². The molecule has 0 radical (unpaired) electrons. The Morgan fingerprint density at radius 3 is 2.65 bits per heavy atom. The minimum Gasteiger partial charge on any atom is -0.487 e. The van der Waals surface area contributed by atoms with Crippen LogP contribution in [0.4, 0.5) is 0 Å². The number of benzene rings is 2. The number of likely N-dealkylation sites (N-methyl/N-ethyl adjacent to an activating group) is 1. The zero-order chi connectivity index (χ0) is 24.3. The van der Waals surface area contributed by atoms with Crippen LogP contribution in [0.3, 0.4) is 0 Å². The van der Waals surface area contributed by atoms with E-state index in [-0.39, 0.29) is 23.5 Å². The van der Waals surface area contributed by atoms with E-state index in [0.29, 0.717) is 18.8 Å². The predicted molar refractivity (Wildman–Crippen MR) is 135 cm³/mol. The van der Waals surface area contributed by atoms with E-state index in [4.69, 9.17) is 4.74 Å². The van der Waals surface area contributed by atoms with Gasteiger partial charge in [0.15, 0.2) is 0 Å². The van der Waals surface area contributed by atoms with E-state index < -0.39 is 16.1 Å². The zero-order valence-corrected chi connectivity index (χ0v) is 21.2. The normalized spacial score (nSPS) is 23.5. The van der Waals surface area contributed by atoms with Crippen LogP contribution in [-0.4, -0.2) is 61.6 Å². The van der Waals surface area contributed by atoms with Crippen LogP contribution in [0.5, 0.6) is 5.75 Å². The van der Waals surface area contributed by atoms with E-state index >= 15 is 0 Å². The maximum absolute atomic E-state index is 13.6. The van der Waals surface area contributed by atoms with E-state index in [2.05, 4.69) is 30.2 Å². The van der Waals surface area contributed by atoms with E-state index in [1.807, 2.05) is 37.3 Å². The van der Waals surface area contributed by atoms with Crippen LogP contribution in [0, 0.1) is 5.92 Å². The van der Waals surface area contributed by atoms with Gasteiger partial charge in [-0.2, -0.15) is 4.31 Å². The number of nitrogens with zero attached hydrogens (tertiary/aromatic N) is 2. The average molecular weight is 485 g/mol. The third-order valence-electron chi connectivity index (χ3n) is 6.87. The molecule has 184 valence electrons. The molecule has 3 atom stereocenters. The quantitative estimate of drug-likeness (QED) is 0.639. The molecule has 0 saturated heterocycles. The highest BCUT2D eigenvalue weighted by atomic mass is 32.2. The number of hydrogen-bond acceptors (Lipinski definition) is 5. The number of sulfonamides is 1. The first-order valence-corrected chi connectivity index (χ1v) is 13.6. The second-order valence-corrected chi connectivity index (χ2v) is 11.6. The molecule has 34 heavy (non-hydrogen) atoms. The van der Waals surface area contributed by atoms with Gasteiger partial charge in [0.25, 0.3) is 0 Å². The molecule has 0 spiro atoms. The molecule has 0 aromatic heterocycles. The van der Waals surface area contributed by atoms with Gasteiger partial charge in [-0.3, -0.25) is 4.90 Å². The highest BCUT2D eigenvalue weighted by molar-refractivity contribution is 7.89. The van der Waals surface area contributed by atoms with Gasteiger partial charge in [-0.15, -0.1) is 0 Å². The van der Waals surface area contributed by atoms with E-state index in [0.717, 1.165) is 31.4 Å². The summed E-state index contributed by atoms with van der Waals surface area (Å²) in [7, 11) is -1.75. The van der Waals surface area contributed by atoms with Crippen molar-refractivity contribution in [1.82, 2.24) is 9.21 Å². The maximum Gasteiger partial charge on any atom is 0.247 e. The lowest BCUT2D eigenvalue weighted by Gasteiger charge is -2.37. The van der Waals surface area contributed by atoms with Crippen molar-refractivity contribution in [3.63, 3.8) is 0 Å². The van der Waals surface area contributed by atoms with Crippen LogP contribution in [0.1, 0.15) is 44.2 Å². The van der Waals surface area contributed by atoms with Crippen LogP contribution in [-0.2, 0) is 16.6 Å². The Labute approximate surface area is 203 Å². The number of aliphatic hydroxyl groups is 1. The van der Waals surface area contributed by atoms with Gasteiger partial charge in [-0.05, 0) is 62.1 Å². The Balaban J connectivity index is 1.69. The van der Waals surface area contributed by atoms with E-state index in [9.17, 15) is 13.5 Å². The van der Waals surface area contributed by atoms with Crippen molar-refractivity contribution in [3.05, 3.63) is 65.7 Å². The summed E-state index contributed by atoms with van der Waals surface area (Å²) in [5.41, 5.74) is 3.49. The summed E-state index contributed by atoms with van der Waals surface area (Å²) in [5, 5.41) is 9.83. The molecule has 0 bridgehead atoms. The van der Waals surface area contributed by atoms with E-state index in [1.54, 1.807) is 13.0 Å². The molecule has 1 heterocycles. The standard InChI is InChI=1S/C27H36N2O4S/c1-20-16-29(21(2)19-30)34(31,32)27-14-13-24(23-11-7-8-12-23)15-25(27)33-26(20)18-28(3)17-22-9-5-4-6-10-22/h4-6,9-11,13-15,20-21,26,30H,7-8,12,16-19H2,1-3H3/t20-,21-,26+/m0/s1. The number of ether oxygens (including phenoxy) is 1. The van der Waals surface area contributed by atoms with Gasteiger partial charge in [0, 0.05) is 31.6 Å². The third-order valence-corrected chi connectivity index (χ3v) is 8.89. The molecule has 2 aliphatic rings. The fourth-order valence-corrected chi connectivity index (χ4v) is 6.67. The van der Waals surface area contributed by atoms with Crippen molar-refractivity contribution in [2.75, 3.05) is 26.7 Å². The first kappa shape index (κ1) is 24.9. The molecule has 4 rings (SSSR count). The van der Waals surface area contributed by atoms with E-state index in [1.165, 1.54) is 15.4 Å². The largest absolute Gasteiger partial charge is 0.487 e. The zero-order valence-electron chi connectivity index (χ0n) is 20.4. The van der Waals surface area contributed by atoms with Gasteiger partial charge in [-0.25, -0.2) is 8.42 Å². The maximum atomic E-state index is 13.6. The predicted octanol–water partition coefficient (Wildman–Crippen LogP) is 4.15. The Hall–Kier alpha value is -2.19. The van der Waals surface area contributed by atoms with Gasteiger partial charge in [0.2, 0.25) is 10.0 Å². The molecule has 0 fully saturated rings. The number of hydrogen-bond donors (Lipinski definition) is 1. The molecule has 7 heteroatoms. The summed E-state index contributed by atoms with van der Waals surface area (Å²) in [6, 6.07) is 15.2. The van der Waals surface area contributed by atoms with Crippen LogP contribution in [0.2, 0.25) is 0 Å². The average Bonchev–Trinajstić information content (AvgIpc) is 3.36. The Kier molecular flexibility index (Phi) is 7.77.